The molecule has 1 heterocycles. The van der Waals surface area contributed by atoms with Crippen molar-refractivity contribution in [3.05, 3.63) is 109 Å². The van der Waals surface area contributed by atoms with Crippen molar-refractivity contribution in [2.45, 2.75) is 10.1 Å². The van der Waals surface area contributed by atoms with Gasteiger partial charge in [-0.15, -0.1) is 11.8 Å². The maximum atomic E-state index is 13.3. The van der Waals surface area contributed by atoms with Gasteiger partial charge in [-0.25, -0.2) is 4.98 Å². The topological polar surface area (TPSA) is 81.2 Å². The van der Waals surface area contributed by atoms with Gasteiger partial charge in [0.2, 0.25) is 11.8 Å². The summed E-state index contributed by atoms with van der Waals surface area (Å²) in [5, 5.41) is 2.63. The molecule has 5 rings (SSSR count). The van der Waals surface area contributed by atoms with Gasteiger partial charge in [-0.3, -0.25) is 4.79 Å². The SMILES string of the molecule is Nc1ccc(SC(C(=O)Nc2ccc(-c3nc4ccccc4o3)cc2)c2ccccc2)cc1. The lowest BCUT2D eigenvalue weighted by Crippen LogP contribution is -2.19. The first-order valence-corrected chi connectivity index (χ1v) is 11.4. The molecule has 1 amide bonds. The fourth-order valence-corrected chi connectivity index (χ4v) is 4.51. The Morgan fingerprint density at radius 3 is 2.27 bits per heavy atom. The molecule has 3 N–H and O–H groups in total. The van der Waals surface area contributed by atoms with E-state index in [1.807, 2.05) is 103 Å². The summed E-state index contributed by atoms with van der Waals surface area (Å²) in [6.07, 6.45) is 0. The van der Waals surface area contributed by atoms with Crippen molar-refractivity contribution >= 4 is 40.1 Å². The van der Waals surface area contributed by atoms with Crippen molar-refractivity contribution in [3.8, 4) is 11.5 Å². The predicted molar refractivity (Wildman–Crippen MR) is 134 cm³/mol. The number of benzene rings is 4. The fourth-order valence-electron chi connectivity index (χ4n) is 3.48. The summed E-state index contributed by atoms with van der Waals surface area (Å²) in [6.45, 7) is 0. The van der Waals surface area contributed by atoms with Gasteiger partial charge >= 0.3 is 0 Å². The molecule has 0 saturated carbocycles. The van der Waals surface area contributed by atoms with Crippen molar-refractivity contribution in [1.82, 2.24) is 4.98 Å². The first-order valence-electron chi connectivity index (χ1n) is 10.5. The summed E-state index contributed by atoms with van der Waals surface area (Å²) in [7, 11) is 0. The number of nitrogens with zero attached hydrogens (tertiary/aromatic N) is 1. The van der Waals surface area contributed by atoms with Gasteiger partial charge in [0.15, 0.2) is 5.58 Å². The number of hydrogen-bond acceptors (Lipinski definition) is 5. The van der Waals surface area contributed by atoms with Gasteiger partial charge < -0.3 is 15.5 Å². The van der Waals surface area contributed by atoms with Gasteiger partial charge in [0, 0.05) is 21.8 Å². The van der Waals surface area contributed by atoms with Gasteiger partial charge in [0.25, 0.3) is 0 Å². The molecule has 5 aromatic rings. The smallest absolute Gasteiger partial charge is 0.242 e. The average Bonchev–Trinajstić information content (AvgIpc) is 3.29. The number of rotatable bonds is 6. The molecule has 0 spiro atoms. The molecule has 0 aliphatic carbocycles. The molecule has 6 heteroatoms. The molecule has 0 aliphatic rings. The number of nitrogens with two attached hydrogens (primary N) is 1. The van der Waals surface area contributed by atoms with E-state index >= 15 is 0 Å². The Hall–Kier alpha value is -4.03. The summed E-state index contributed by atoms with van der Waals surface area (Å²) in [5.41, 5.74) is 10.5. The van der Waals surface area contributed by atoms with Crippen LogP contribution in [0.3, 0.4) is 0 Å². The molecule has 0 bridgehead atoms. The molecule has 33 heavy (non-hydrogen) atoms. The first kappa shape index (κ1) is 20.8. The van der Waals surface area contributed by atoms with Crippen LogP contribution in [0.25, 0.3) is 22.6 Å². The number of amides is 1. The molecular weight excluding hydrogens is 430 g/mol. The van der Waals surface area contributed by atoms with E-state index in [1.54, 1.807) is 0 Å². The normalized spacial score (nSPS) is 11.9. The number of thioether (sulfide) groups is 1. The molecule has 4 aromatic carbocycles. The second-order valence-corrected chi connectivity index (χ2v) is 8.71. The van der Waals surface area contributed by atoms with Gasteiger partial charge in [0.1, 0.15) is 10.8 Å². The van der Waals surface area contributed by atoms with Crippen molar-refractivity contribution in [2.24, 2.45) is 0 Å². The number of oxazole rings is 1. The number of anilines is 2. The lowest BCUT2D eigenvalue weighted by atomic mass is 10.1. The van der Waals surface area contributed by atoms with Crippen LogP contribution >= 0.6 is 11.8 Å². The summed E-state index contributed by atoms with van der Waals surface area (Å²) < 4.78 is 5.84. The van der Waals surface area contributed by atoms with E-state index in [2.05, 4.69) is 10.3 Å². The molecule has 1 unspecified atom stereocenters. The van der Waals surface area contributed by atoms with E-state index in [4.69, 9.17) is 10.2 Å². The first-order chi connectivity index (χ1) is 16.2. The minimum atomic E-state index is -0.411. The second-order valence-electron chi connectivity index (χ2n) is 7.53. The number of fused-ring (bicyclic) bond motifs is 1. The number of carbonyl (C=O) groups excluding carboxylic acids is 1. The second kappa shape index (κ2) is 9.22. The number of carbonyl (C=O) groups is 1. The third-order valence-electron chi connectivity index (χ3n) is 5.17. The summed E-state index contributed by atoms with van der Waals surface area (Å²) in [5.74, 6) is 0.452. The highest BCUT2D eigenvalue weighted by atomic mass is 32.2. The van der Waals surface area contributed by atoms with Crippen LogP contribution in [0.15, 0.2) is 112 Å². The number of hydrogen-bond donors (Lipinski definition) is 2. The molecule has 1 aromatic heterocycles. The van der Waals surface area contributed by atoms with Crippen molar-refractivity contribution in [2.75, 3.05) is 11.1 Å². The highest BCUT2D eigenvalue weighted by molar-refractivity contribution is 8.00. The summed E-state index contributed by atoms with van der Waals surface area (Å²) in [6, 6.07) is 32.4. The minimum absolute atomic E-state index is 0.0994. The van der Waals surface area contributed by atoms with Crippen LogP contribution < -0.4 is 11.1 Å². The van der Waals surface area contributed by atoms with Crippen LogP contribution in [0, 0.1) is 0 Å². The van der Waals surface area contributed by atoms with E-state index in [0.29, 0.717) is 17.3 Å². The quantitative estimate of drug-likeness (QED) is 0.226. The maximum absolute atomic E-state index is 13.3. The summed E-state index contributed by atoms with van der Waals surface area (Å²) in [4.78, 5) is 18.8. The molecule has 0 aliphatic heterocycles. The van der Waals surface area contributed by atoms with E-state index in [9.17, 15) is 4.79 Å². The lowest BCUT2D eigenvalue weighted by molar-refractivity contribution is -0.115. The van der Waals surface area contributed by atoms with Crippen LogP contribution in [-0.2, 0) is 4.79 Å². The Morgan fingerprint density at radius 2 is 1.55 bits per heavy atom. The third kappa shape index (κ3) is 4.76. The predicted octanol–water partition coefficient (Wildman–Crippen LogP) is 6.55. The lowest BCUT2D eigenvalue weighted by Gasteiger charge is -2.17. The Balaban J connectivity index is 1.35. The Bertz CT molecular complexity index is 1350. The van der Waals surface area contributed by atoms with Gasteiger partial charge in [-0.1, -0.05) is 42.5 Å². The van der Waals surface area contributed by atoms with Crippen LogP contribution in [-0.4, -0.2) is 10.9 Å². The number of nitrogens with one attached hydrogen (secondary N) is 1. The molecule has 0 radical (unpaired) electrons. The molecule has 0 saturated heterocycles. The zero-order chi connectivity index (χ0) is 22.6. The van der Waals surface area contributed by atoms with E-state index < -0.39 is 5.25 Å². The number of nitrogen functional groups attached to an aromatic ring is 1. The molecule has 5 nitrogen and oxygen atoms in total. The van der Waals surface area contributed by atoms with Crippen LogP contribution in [0.1, 0.15) is 10.8 Å². The highest BCUT2D eigenvalue weighted by Crippen LogP contribution is 2.36. The molecule has 162 valence electrons. The van der Waals surface area contributed by atoms with Crippen molar-refractivity contribution in [3.63, 3.8) is 0 Å². The van der Waals surface area contributed by atoms with E-state index in [1.165, 1.54) is 11.8 Å². The van der Waals surface area contributed by atoms with Gasteiger partial charge in [-0.05, 0) is 66.2 Å². The van der Waals surface area contributed by atoms with Crippen LogP contribution in [0.2, 0.25) is 0 Å². The molecule has 0 fully saturated rings. The largest absolute Gasteiger partial charge is 0.436 e. The van der Waals surface area contributed by atoms with Crippen LogP contribution in [0.4, 0.5) is 11.4 Å². The fraction of sp³-hybridized carbons (Fsp3) is 0.0370. The zero-order valence-corrected chi connectivity index (χ0v) is 18.5. The monoisotopic (exact) mass is 451 g/mol. The Labute approximate surface area is 195 Å². The average molecular weight is 452 g/mol. The standard InChI is InChI=1S/C27H21N3O2S/c28-20-12-16-22(17-13-20)33-25(18-6-2-1-3-7-18)26(31)29-21-14-10-19(11-15-21)27-30-23-8-4-5-9-24(23)32-27/h1-17,25H,28H2,(H,29,31). The van der Waals surface area contributed by atoms with Crippen LogP contribution in [0.5, 0.6) is 0 Å². The minimum Gasteiger partial charge on any atom is -0.436 e. The Kier molecular flexibility index (Phi) is 5.83. The van der Waals surface area contributed by atoms with E-state index in [0.717, 1.165) is 27.1 Å². The van der Waals surface area contributed by atoms with Gasteiger partial charge in [0.05, 0.1) is 0 Å². The Morgan fingerprint density at radius 1 is 0.848 bits per heavy atom. The maximum Gasteiger partial charge on any atom is 0.242 e. The van der Waals surface area contributed by atoms with Crippen molar-refractivity contribution in [1.29, 1.82) is 0 Å². The van der Waals surface area contributed by atoms with E-state index in [-0.39, 0.29) is 5.91 Å². The third-order valence-corrected chi connectivity index (χ3v) is 6.43. The van der Waals surface area contributed by atoms with Gasteiger partial charge in [-0.2, -0.15) is 0 Å². The highest BCUT2D eigenvalue weighted by Gasteiger charge is 2.22. The molecular formula is C27H21N3O2S. The number of para-hydroxylation sites is 2. The zero-order valence-electron chi connectivity index (χ0n) is 17.6. The molecule has 1 atom stereocenters. The summed E-state index contributed by atoms with van der Waals surface area (Å²) >= 11 is 1.49. The number of aromatic nitrogens is 1. The van der Waals surface area contributed by atoms with Crippen molar-refractivity contribution < 1.29 is 9.21 Å².